The molecule has 0 spiro atoms. The summed E-state index contributed by atoms with van der Waals surface area (Å²) >= 11 is 0. The summed E-state index contributed by atoms with van der Waals surface area (Å²) in [5.74, 6) is 0.396. The van der Waals surface area contributed by atoms with Crippen LogP contribution in [0.1, 0.15) is 36.8 Å². The molecule has 0 aromatic heterocycles. The Morgan fingerprint density at radius 1 is 0.897 bits per heavy atom. The third kappa shape index (κ3) is 4.42. The van der Waals surface area contributed by atoms with E-state index < -0.39 is 0 Å². The first-order valence-electron chi connectivity index (χ1n) is 10.4. The summed E-state index contributed by atoms with van der Waals surface area (Å²) in [7, 11) is 0. The highest BCUT2D eigenvalue weighted by molar-refractivity contribution is 5.87. The van der Waals surface area contributed by atoms with Crippen molar-refractivity contribution < 1.29 is 14.4 Å². The number of carbonyl (C=O) groups is 3. The molecule has 1 aromatic rings. The fourth-order valence-electron chi connectivity index (χ4n) is 4.16. The zero-order chi connectivity index (χ0) is 20.4. The van der Waals surface area contributed by atoms with Crippen molar-refractivity contribution in [1.82, 2.24) is 14.7 Å². The van der Waals surface area contributed by atoms with Gasteiger partial charge in [-0.15, -0.1) is 0 Å². The molecule has 7 heteroatoms. The van der Waals surface area contributed by atoms with E-state index in [0.29, 0.717) is 51.1 Å². The molecule has 0 N–H and O–H groups in total. The Morgan fingerprint density at radius 3 is 2.10 bits per heavy atom. The molecule has 4 rings (SSSR count). The van der Waals surface area contributed by atoms with E-state index in [9.17, 15) is 14.4 Å². The summed E-state index contributed by atoms with van der Waals surface area (Å²) in [6.07, 6.45) is 3.40. The molecule has 3 fully saturated rings. The van der Waals surface area contributed by atoms with E-state index in [0.717, 1.165) is 18.4 Å². The molecule has 1 saturated carbocycles. The van der Waals surface area contributed by atoms with Crippen LogP contribution in [0, 0.1) is 23.2 Å². The van der Waals surface area contributed by atoms with Crippen molar-refractivity contribution >= 4 is 17.7 Å². The number of nitrogens with zero attached hydrogens (tertiary/aromatic N) is 4. The molecule has 2 heterocycles. The lowest BCUT2D eigenvalue weighted by Crippen LogP contribution is -2.54. The molecule has 0 atom stereocenters. The summed E-state index contributed by atoms with van der Waals surface area (Å²) in [5, 5.41) is 8.88. The van der Waals surface area contributed by atoms with E-state index in [1.54, 1.807) is 21.9 Å². The lowest BCUT2D eigenvalue weighted by molar-refractivity contribution is -0.149. The summed E-state index contributed by atoms with van der Waals surface area (Å²) in [5.41, 5.74) is 1.57. The second-order valence-electron chi connectivity index (χ2n) is 8.26. The Balaban J connectivity index is 1.26. The van der Waals surface area contributed by atoms with Crippen LogP contribution in [0.4, 0.5) is 0 Å². The van der Waals surface area contributed by atoms with Crippen molar-refractivity contribution in [3.05, 3.63) is 35.4 Å². The van der Waals surface area contributed by atoms with E-state index >= 15 is 0 Å². The number of hydrogen-bond acceptors (Lipinski definition) is 4. The van der Waals surface area contributed by atoms with Gasteiger partial charge in [-0.25, -0.2) is 0 Å². The molecule has 1 aromatic carbocycles. The molecule has 0 bridgehead atoms. The van der Waals surface area contributed by atoms with Crippen molar-refractivity contribution in [2.24, 2.45) is 11.8 Å². The number of rotatable bonds is 4. The van der Waals surface area contributed by atoms with Gasteiger partial charge in [-0.05, 0) is 43.4 Å². The predicted molar refractivity (Wildman–Crippen MR) is 105 cm³/mol. The molecule has 3 amide bonds. The monoisotopic (exact) mass is 394 g/mol. The maximum Gasteiger partial charge on any atom is 0.242 e. The van der Waals surface area contributed by atoms with E-state index in [4.69, 9.17) is 5.26 Å². The maximum atomic E-state index is 12.9. The van der Waals surface area contributed by atoms with E-state index in [1.165, 1.54) is 0 Å². The molecule has 7 nitrogen and oxygen atoms in total. The Hall–Kier alpha value is -2.88. The SMILES string of the molecule is N#Cc1ccc(CN2CCN(C(=O)C3CCN(C(=O)C4CC4)CC3)CC2=O)cc1. The molecule has 152 valence electrons. The highest BCUT2D eigenvalue weighted by atomic mass is 16.2. The van der Waals surface area contributed by atoms with Crippen LogP contribution in [0.5, 0.6) is 0 Å². The molecular weight excluding hydrogens is 368 g/mol. The van der Waals surface area contributed by atoms with Gasteiger partial charge in [-0.2, -0.15) is 5.26 Å². The van der Waals surface area contributed by atoms with Gasteiger partial charge >= 0.3 is 0 Å². The fraction of sp³-hybridized carbons (Fsp3) is 0.545. The number of likely N-dealkylation sites (tertiary alicyclic amines) is 1. The van der Waals surface area contributed by atoms with Gasteiger partial charge < -0.3 is 14.7 Å². The smallest absolute Gasteiger partial charge is 0.242 e. The minimum Gasteiger partial charge on any atom is -0.342 e. The largest absolute Gasteiger partial charge is 0.342 e. The molecule has 1 aliphatic carbocycles. The van der Waals surface area contributed by atoms with Crippen LogP contribution < -0.4 is 0 Å². The van der Waals surface area contributed by atoms with Crippen LogP contribution in [-0.4, -0.2) is 65.1 Å². The van der Waals surface area contributed by atoms with Crippen molar-refractivity contribution in [2.45, 2.75) is 32.2 Å². The Labute approximate surface area is 170 Å². The fourth-order valence-corrected chi connectivity index (χ4v) is 4.16. The summed E-state index contributed by atoms with van der Waals surface area (Å²) in [6, 6.07) is 9.31. The number of amides is 3. The standard InChI is InChI=1S/C22H26N4O3/c23-13-16-1-3-17(4-2-16)14-25-11-12-26(15-20(25)27)22(29)19-7-9-24(10-8-19)21(28)18-5-6-18/h1-4,18-19H,5-12,14-15H2. The summed E-state index contributed by atoms with van der Waals surface area (Å²) < 4.78 is 0. The number of benzene rings is 1. The van der Waals surface area contributed by atoms with Gasteiger partial charge in [0.1, 0.15) is 0 Å². The maximum absolute atomic E-state index is 12.9. The topological polar surface area (TPSA) is 84.7 Å². The summed E-state index contributed by atoms with van der Waals surface area (Å²) in [6.45, 7) is 2.98. The zero-order valence-corrected chi connectivity index (χ0v) is 16.5. The van der Waals surface area contributed by atoms with Gasteiger partial charge in [0.15, 0.2) is 0 Å². The second-order valence-corrected chi connectivity index (χ2v) is 8.26. The third-order valence-electron chi connectivity index (χ3n) is 6.17. The minimum absolute atomic E-state index is 0.0460. The minimum atomic E-state index is -0.0869. The Morgan fingerprint density at radius 2 is 1.52 bits per heavy atom. The van der Waals surface area contributed by atoms with Gasteiger partial charge in [0.25, 0.3) is 0 Å². The predicted octanol–water partition coefficient (Wildman–Crippen LogP) is 1.38. The second kappa shape index (κ2) is 8.24. The lowest BCUT2D eigenvalue weighted by Gasteiger charge is -2.38. The van der Waals surface area contributed by atoms with Crippen LogP contribution in [0.15, 0.2) is 24.3 Å². The number of hydrogen-bond donors (Lipinski definition) is 0. The number of carbonyl (C=O) groups excluding carboxylic acids is 3. The molecule has 2 saturated heterocycles. The lowest BCUT2D eigenvalue weighted by atomic mass is 9.94. The van der Waals surface area contributed by atoms with Crippen molar-refractivity contribution in [2.75, 3.05) is 32.7 Å². The molecule has 0 radical (unpaired) electrons. The van der Waals surface area contributed by atoms with Crippen molar-refractivity contribution in [3.63, 3.8) is 0 Å². The van der Waals surface area contributed by atoms with E-state index in [1.807, 2.05) is 17.0 Å². The van der Waals surface area contributed by atoms with E-state index in [-0.39, 0.29) is 36.1 Å². The summed E-state index contributed by atoms with van der Waals surface area (Å²) in [4.78, 5) is 43.0. The zero-order valence-electron chi connectivity index (χ0n) is 16.5. The molecule has 29 heavy (non-hydrogen) atoms. The number of piperazine rings is 1. The highest BCUT2D eigenvalue weighted by Gasteiger charge is 2.37. The highest BCUT2D eigenvalue weighted by Crippen LogP contribution is 2.32. The molecular formula is C22H26N4O3. The van der Waals surface area contributed by atoms with Crippen LogP contribution in [0.25, 0.3) is 0 Å². The first kappa shape index (κ1) is 19.4. The van der Waals surface area contributed by atoms with E-state index in [2.05, 4.69) is 6.07 Å². The van der Waals surface area contributed by atoms with Crippen LogP contribution in [0.3, 0.4) is 0 Å². The molecule has 0 unspecified atom stereocenters. The molecule has 3 aliphatic rings. The number of piperidine rings is 1. The first-order chi connectivity index (χ1) is 14.0. The van der Waals surface area contributed by atoms with Crippen molar-refractivity contribution in [1.29, 1.82) is 5.26 Å². The average Bonchev–Trinajstić information content (AvgIpc) is 3.60. The normalized spacial score (nSPS) is 20.5. The Bertz CT molecular complexity index is 833. The van der Waals surface area contributed by atoms with Gasteiger partial charge in [0.2, 0.25) is 17.7 Å². The van der Waals surface area contributed by atoms with Gasteiger partial charge in [0.05, 0.1) is 18.2 Å². The van der Waals surface area contributed by atoms with Gasteiger partial charge in [0, 0.05) is 44.6 Å². The number of nitriles is 1. The van der Waals surface area contributed by atoms with Gasteiger partial charge in [-0.3, -0.25) is 14.4 Å². The molecule has 2 aliphatic heterocycles. The Kier molecular flexibility index (Phi) is 5.52. The first-order valence-corrected chi connectivity index (χ1v) is 10.4. The average molecular weight is 394 g/mol. The van der Waals surface area contributed by atoms with Crippen LogP contribution in [-0.2, 0) is 20.9 Å². The van der Waals surface area contributed by atoms with Crippen molar-refractivity contribution in [3.8, 4) is 6.07 Å². The van der Waals surface area contributed by atoms with Crippen LogP contribution >= 0.6 is 0 Å². The quantitative estimate of drug-likeness (QED) is 0.772. The third-order valence-corrected chi connectivity index (χ3v) is 6.17. The van der Waals surface area contributed by atoms with Gasteiger partial charge in [-0.1, -0.05) is 12.1 Å². The van der Waals surface area contributed by atoms with Crippen LogP contribution in [0.2, 0.25) is 0 Å².